The molecule has 1 fully saturated rings. The molecule has 0 aliphatic heterocycles. The summed E-state index contributed by atoms with van der Waals surface area (Å²) >= 11 is 0. The highest BCUT2D eigenvalue weighted by Gasteiger charge is 2.22. The molecule has 2 heterocycles. The molecule has 20 heavy (non-hydrogen) atoms. The van der Waals surface area contributed by atoms with Crippen LogP contribution in [0.3, 0.4) is 0 Å². The van der Waals surface area contributed by atoms with Crippen molar-refractivity contribution < 1.29 is 9.26 Å². The Balaban J connectivity index is 1.69. The number of hydrogen-bond acceptors (Lipinski definition) is 6. The highest BCUT2D eigenvalue weighted by molar-refractivity contribution is 5.50. The van der Waals surface area contributed by atoms with E-state index < -0.39 is 6.04 Å². The van der Waals surface area contributed by atoms with E-state index in [-0.39, 0.29) is 11.3 Å². The molecule has 106 valence electrons. The lowest BCUT2D eigenvalue weighted by molar-refractivity contribution is -0.00549. The molecule has 2 aromatic heterocycles. The lowest BCUT2D eigenvalue weighted by atomic mass is 9.96. The number of ether oxygens (including phenoxy) is 1. The second-order valence-electron chi connectivity index (χ2n) is 4.87. The van der Waals surface area contributed by atoms with E-state index in [1.54, 1.807) is 6.20 Å². The van der Waals surface area contributed by atoms with Gasteiger partial charge in [-0.1, -0.05) is 5.16 Å². The average Bonchev–Trinajstić information content (AvgIpc) is 2.87. The Kier molecular flexibility index (Phi) is 3.62. The van der Waals surface area contributed by atoms with Gasteiger partial charge in [0, 0.05) is 18.5 Å². The molecule has 2 aromatic rings. The zero-order valence-electron chi connectivity index (χ0n) is 10.9. The molecule has 0 spiro atoms. The van der Waals surface area contributed by atoms with Gasteiger partial charge in [0.25, 0.3) is 5.89 Å². The number of aromatic amines is 1. The Bertz CT molecular complexity index is 632. The van der Waals surface area contributed by atoms with Crippen LogP contribution in [0.15, 0.2) is 27.8 Å². The summed E-state index contributed by atoms with van der Waals surface area (Å²) in [6.07, 6.45) is 6.76. The van der Waals surface area contributed by atoms with E-state index in [1.165, 1.54) is 18.7 Å². The SMILES string of the molecule is NC(COC1CCC1)c1noc(-c2c[nH]ccc2=O)n1. The molecule has 7 heteroatoms. The number of hydrogen-bond donors (Lipinski definition) is 2. The minimum atomic E-state index is -0.448. The summed E-state index contributed by atoms with van der Waals surface area (Å²) in [6.45, 7) is 0.356. The van der Waals surface area contributed by atoms with Crippen molar-refractivity contribution >= 4 is 0 Å². The van der Waals surface area contributed by atoms with Crippen molar-refractivity contribution in [1.29, 1.82) is 0 Å². The summed E-state index contributed by atoms with van der Waals surface area (Å²) in [7, 11) is 0. The fourth-order valence-electron chi connectivity index (χ4n) is 1.93. The number of pyridine rings is 1. The molecule has 0 amide bonds. The number of nitrogens with two attached hydrogens (primary N) is 1. The molecule has 1 unspecified atom stereocenters. The third-order valence-electron chi connectivity index (χ3n) is 3.39. The average molecular weight is 276 g/mol. The van der Waals surface area contributed by atoms with Crippen molar-refractivity contribution in [2.24, 2.45) is 5.73 Å². The first-order valence-corrected chi connectivity index (χ1v) is 6.62. The Morgan fingerprint density at radius 1 is 1.55 bits per heavy atom. The Morgan fingerprint density at radius 3 is 3.10 bits per heavy atom. The van der Waals surface area contributed by atoms with Gasteiger partial charge < -0.3 is 20.0 Å². The van der Waals surface area contributed by atoms with Crippen molar-refractivity contribution in [3.05, 3.63) is 34.5 Å². The van der Waals surface area contributed by atoms with Crippen LogP contribution < -0.4 is 11.2 Å². The van der Waals surface area contributed by atoms with Gasteiger partial charge in [0.2, 0.25) is 0 Å². The predicted octanol–water partition coefficient (Wildman–Crippen LogP) is 0.994. The van der Waals surface area contributed by atoms with Crippen LogP contribution in [-0.2, 0) is 4.74 Å². The standard InChI is InChI=1S/C13H16N4O3/c14-10(7-19-8-2-1-3-8)12-16-13(20-17-12)9-6-15-5-4-11(9)18/h4-6,8,10H,1-3,7,14H2,(H,15,18). The topological polar surface area (TPSA) is 107 Å². The van der Waals surface area contributed by atoms with Crippen LogP contribution in [-0.4, -0.2) is 27.8 Å². The molecule has 0 radical (unpaired) electrons. The van der Waals surface area contributed by atoms with E-state index in [9.17, 15) is 4.79 Å². The summed E-state index contributed by atoms with van der Waals surface area (Å²) in [5, 5.41) is 3.81. The van der Waals surface area contributed by atoms with Crippen molar-refractivity contribution in [1.82, 2.24) is 15.1 Å². The maximum atomic E-state index is 11.7. The van der Waals surface area contributed by atoms with Crippen LogP contribution in [0.2, 0.25) is 0 Å². The van der Waals surface area contributed by atoms with Gasteiger partial charge in [-0.2, -0.15) is 4.98 Å². The fraction of sp³-hybridized carbons (Fsp3) is 0.462. The molecular weight excluding hydrogens is 260 g/mol. The summed E-state index contributed by atoms with van der Waals surface area (Å²) in [6, 6.07) is 0.953. The quantitative estimate of drug-likeness (QED) is 0.843. The van der Waals surface area contributed by atoms with Crippen molar-refractivity contribution in [3.8, 4) is 11.5 Å². The highest BCUT2D eigenvalue weighted by atomic mass is 16.5. The number of nitrogens with zero attached hydrogens (tertiary/aromatic N) is 2. The Labute approximate surface area is 115 Å². The molecule has 0 aromatic carbocycles. The third-order valence-corrected chi connectivity index (χ3v) is 3.39. The zero-order valence-corrected chi connectivity index (χ0v) is 10.9. The van der Waals surface area contributed by atoms with E-state index in [1.807, 2.05) is 0 Å². The molecular formula is C13H16N4O3. The van der Waals surface area contributed by atoms with E-state index in [0.29, 0.717) is 24.1 Å². The van der Waals surface area contributed by atoms with Gasteiger partial charge in [-0.25, -0.2) is 0 Å². The number of aromatic nitrogens is 3. The lowest BCUT2D eigenvalue weighted by Crippen LogP contribution is -2.27. The first-order chi connectivity index (χ1) is 9.74. The molecule has 1 saturated carbocycles. The number of rotatable bonds is 5. The molecule has 3 rings (SSSR count). The molecule has 0 saturated heterocycles. The molecule has 0 bridgehead atoms. The first-order valence-electron chi connectivity index (χ1n) is 6.62. The van der Waals surface area contributed by atoms with Crippen LogP contribution in [0.25, 0.3) is 11.5 Å². The van der Waals surface area contributed by atoms with Crippen molar-refractivity contribution in [2.45, 2.75) is 31.4 Å². The monoisotopic (exact) mass is 276 g/mol. The van der Waals surface area contributed by atoms with E-state index in [2.05, 4.69) is 15.1 Å². The van der Waals surface area contributed by atoms with Gasteiger partial charge >= 0.3 is 0 Å². The molecule has 3 N–H and O–H groups in total. The lowest BCUT2D eigenvalue weighted by Gasteiger charge is -2.26. The van der Waals surface area contributed by atoms with Crippen LogP contribution in [0.1, 0.15) is 31.1 Å². The Hall–Kier alpha value is -1.99. The van der Waals surface area contributed by atoms with Gasteiger partial charge in [0.05, 0.1) is 18.8 Å². The van der Waals surface area contributed by atoms with Gasteiger partial charge in [-0.05, 0) is 19.3 Å². The minimum absolute atomic E-state index is 0.168. The smallest absolute Gasteiger partial charge is 0.263 e. The first kappa shape index (κ1) is 13.0. The van der Waals surface area contributed by atoms with Crippen LogP contribution >= 0.6 is 0 Å². The number of nitrogens with one attached hydrogen (secondary N) is 1. The molecule has 1 atom stereocenters. The van der Waals surface area contributed by atoms with Crippen LogP contribution in [0.5, 0.6) is 0 Å². The minimum Gasteiger partial charge on any atom is -0.376 e. The molecule has 1 aliphatic carbocycles. The maximum Gasteiger partial charge on any atom is 0.263 e. The van der Waals surface area contributed by atoms with Gasteiger partial charge in [0.1, 0.15) is 5.56 Å². The predicted molar refractivity (Wildman–Crippen MR) is 70.9 cm³/mol. The van der Waals surface area contributed by atoms with Crippen LogP contribution in [0, 0.1) is 0 Å². The Morgan fingerprint density at radius 2 is 2.40 bits per heavy atom. The van der Waals surface area contributed by atoms with Crippen molar-refractivity contribution in [2.75, 3.05) is 6.61 Å². The summed E-state index contributed by atoms with van der Waals surface area (Å²) in [4.78, 5) is 18.6. The molecule has 7 nitrogen and oxygen atoms in total. The van der Waals surface area contributed by atoms with Gasteiger partial charge in [-0.3, -0.25) is 4.79 Å². The maximum absolute atomic E-state index is 11.7. The van der Waals surface area contributed by atoms with Gasteiger partial charge in [-0.15, -0.1) is 0 Å². The zero-order chi connectivity index (χ0) is 13.9. The largest absolute Gasteiger partial charge is 0.376 e. The highest BCUT2D eigenvalue weighted by Crippen LogP contribution is 2.23. The second-order valence-corrected chi connectivity index (χ2v) is 4.87. The molecule has 1 aliphatic rings. The number of H-pyrrole nitrogens is 1. The summed E-state index contributed by atoms with van der Waals surface area (Å²) in [5.74, 6) is 0.517. The van der Waals surface area contributed by atoms with E-state index in [4.69, 9.17) is 15.0 Å². The van der Waals surface area contributed by atoms with E-state index >= 15 is 0 Å². The normalized spacial score (nSPS) is 16.9. The summed E-state index contributed by atoms with van der Waals surface area (Å²) in [5.41, 5.74) is 6.11. The fourth-order valence-corrected chi connectivity index (χ4v) is 1.93. The second kappa shape index (κ2) is 5.56. The van der Waals surface area contributed by atoms with E-state index in [0.717, 1.165) is 12.8 Å². The summed E-state index contributed by atoms with van der Waals surface area (Å²) < 4.78 is 10.7. The van der Waals surface area contributed by atoms with Crippen LogP contribution in [0.4, 0.5) is 0 Å². The van der Waals surface area contributed by atoms with Crippen molar-refractivity contribution in [3.63, 3.8) is 0 Å². The van der Waals surface area contributed by atoms with Gasteiger partial charge in [0.15, 0.2) is 11.3 Å². The third kappa shape index (κ3) is 2.63.